The summed E-state index contributed by atoms with van der Waals surface area (Å²) in [6.45, 7) is 8.85. The standard InChI is InChI=1S/C30H35N3O3S/c1-21-11-12-22(2)26(19-21)36-18-8-17-30(3,4)28(35)33-29(37)32-25-15-13-24(14-16-25)27(34)31-20-23-9-6-5-7-10-23/h5-7,9-16,19H,8,17-18,20H2,1-4H3,(H,31,34)(H2,32,33,35,37). The Bertz CT molecular complexity index is 1220. The number of carbonyl (C=O) groups is 2. The molecule has 6 nitrogen and oxygen atoms in total. The first-order valence-electron chi connectivity index (χ1n) is 12.4. The fraction of sp³-hybridized carbons (Fsp3) is 0.300. The fourth-order valence-corrected chi connectivity index (χ4v) is 3.90. The van der Waals surface area contributed by atoms with Crippen LogP contribution in [0.1, 0.15) is 53.7 Å². The van der Waals surface area contributed by atoms with Crippen LogP contribution >= 0.6 is 12.2 Å². The van der Waals surface area contributed by atoms with Crippen molar-refractivity contribution in [2.75, 3.05) is 11.9 Å². The van der Waals surface area contributed by atoms with Gasteiger partial charge in [-0.15, -0.1) is 0 Å². The Morgan fingerprint density at radius 2 is 1.65 bits per heavy atom. The van der Waals surface area contributed by atoms with E-state index >= 15 is 0 Å². The first-order valence-corrected chi connectivity index (χ1v) is 12.8. The Labute approximate surface area is 224 Å². The second kappa shape index (κ2) is 13.0. The third-order valence-electron chi connectivity index (χ3n) is 6.09. The predicted molar refractivity (Wildman–Crippen MR) is 153 cm³/mol. The molecule has 0 unspecified atom stereocenters. The fourth-order valence-electron chi connectivity index (χ4n) is 3.69. The van der Waals surface area contributed by atoms with Gasteiger partial charge in [0.1, 0.15) is 5.75 Å². The maximum atomic E-state index is 12.8. The quantitative estimate of drug-likeness (QED) is 0.229. The maximum absolute atomic E-state index is 12.8. The number of anilines is 1. The van der Waals surface area contributed by atoms with E-state index < -0.39 is 5.41 Å². The summed E-state index contributed by atoms with van der Waals surface area (Å²) in [4.78, 5) is 25.2. The van der Waals surface area contributed by atoms with Crippen molar-refractivity contribution < 1.29 is 14.3 Å². The van der Waals surface area contributed by atoms with Crippen molar-refractivity contribution >= 4 is 34.8 Å². The first-order chi connectivity index (χ1) is 17.6. The lowest BCUT2D eigenvalue weighted by Gasteiger charge is -2.24. The normalized spacial score (nSPS) is 10.9. The smallest absolute Gasteiger partial charge is 0.251 e. The average molecular weight is 518 g/mol. The molecule has 0 aliphatic rings. The van der Waals surface area contributed by atoms with E-state index in [1.165, 1.54) is 0 Å². The van der Waals surface area contributed by atoms with Gasteiger partial charge in [0.15, 0.2) is 5.11 Å². The van der Waals surface area contributed by atoms with Gasteiger partial charge in [0, 0.05) is 23.2 Å². The van der Waals surface area contributed by atoms with E-state index in [1.807, 2.05) is 70.2 Å². The summed E-state index contributed by atoms with van der Waals surface area (Å²) in [5, 5.41) is 8.91. The zero-order valence-electron chi connectivity index (χ0n) is 21.9. The summed E-state index contributed by atoms with van der Waals surface area (Å²) in [5.41, 5.74) is 3.90. The molecule has 0 aliphatic heterocycles. The van der Waals surface area contributed by atoms with Gasteiger partial charge in [-0.25, -0.2) is 0 Å². The van der Waals surface area contributed by atoms with E-state index in [0.29, 0.717) is 30.8 Å². The minimum atomic E-state index is -0.614. The SMILES string of the molecule is Cc1ccc(C)c(OCCCC(C)(C)C(=O)NC(=S)Nc2ccc(C(=O)NCc3ccccc3)cc2)c1. The highest BCUT2D eigenvalue weighted by molar-refractivity contribution is 7.80. The highest BCUT2D eigenvalue weighted by atomic mass is 32.1. The Hall–Kier alpha value is -3.71. The summed E-state index contributed by atoms with van der Waals surface area (Å²) in [7, 11) is 0. The van der Waals surface area contributed by atoms with Crippen molar-refractivity contribution in [3.05, 3.63) is 95.1 Å². The molecule has 3 aromatic carbocycles. The van der Waals surface area contributed by atoms with Crippen LogP contribution in [-0.4, -0.2) is 23.5 Å². The van der Waals surface area contributed by atoms with Crippen LogP contribution < -0.4 is 20.7 Å². The molecule has 0 aliphatic carbocycles. The monoisotopic (exact) mass is 517 g/mol. The average Bonchev–Trinajstić information content (AvgIpc) is 2.88. The van der Waals surface area contributed by atoms with E-state index in [-0.39, 0.29) is 16.9 Å². The molecule has 0 atom stereocenters. The topological polar surface area (TPSA) is 79.5 Å². The Morgan fingerprint density at radius 3 is 2.35 bits per heavy atom. The van der Waals surface area contributed by atoms with E-state index in [1.54, 1.807) is 24.3 Å². The molecule has 3 aromatic rings. The molecule has 2 amide bonds. The number of thiocarbonyl (C=S) groups is 1. The lowest BCUT2D eigenvalue weighted by molar-refractivity contribution is -0.128. The van der Waals surface area contributed by atoms with Crippen molar-refractivity contribution in [3.63, 3.8) is 0 Å². The number of hydrogen-bond acceptors (Lipinski definition) is 4. The highest BCUT2D eigenvalue weighted by Gasteiger charge is 2.28. The van der Waals surface area contributed by atoms with E-state index in [4.69, 9.17) is 17.0 Å². The summed E-state index contributed by atoms with van der Waals surface area (Å²) in [6, 6.07) is 22.8. The lowest BCUT2D eigenvalue weighted by atomic mass is 9.87. The van der Waals surface area contributed by atoms with Crippen LogP contribution in [0.25, 0.3) is 0 Å². The van der Waals surface area contributed by atoms with Crippen molar-refractivity contribution in [1.29, 1.82) is 0 Å². The van der Waals surface area contributed by atoms with Gasteiger partial charge in [0.05, 0.1) is 6.61 Å². The number of hydrogen-bond donors (Lipinski definition) is 3. The Kier molecular flexibility index (Phi) is 9.80. The van der Waals surface area contributed by atoms with Gasteiger partial charge < -0.3 is 20.7 Å². The van der Waals surface area contributed by atoms with Crippen LogP contribution in [0, 0.1) is 19.3 Å². The minimum Gasteiger partial charge on any atom is -0.493 e. The molecule has 194 valence electrons. The molecule has 3 N–H and O–H groups in total. The van der Waals surface area contributed by atoms with Crippen molar-refractivity contribution in [1.82, 2.24) is 10.6 Å². The molecule has 0 spiro atoms. The maximum Gasteiger partial charge on any atom is 0.251 e. The van der Waals surface area contributed by atoms with Crippen LogP contribution in [0.2, 0.25) is 0 Å². The summed E-state index contributed by atoms with van der Waals surface area (Å²) in [5.74, 6) is 0.565. The zero-order valence-corrected chi connectivity index (χ0v) is 22.7. The van der Waals surface area contributed by atoms with Gasteiger partial charge in [0.25, 0.3) is 5.91 Å². The largest absolute Gasteiger partial charge is 0.493 e. The number of nitrogens with one attached hydrogen (secondary N) is 3. The van der Waals surface area contributed by atoms with Gasteiger partial charge in [-0.2, -0.15) is 0 Å². The van der Waals surface area contributed by atoms with E-state index in [0.717, 1.165) is 28.9 Å². The number of rotatable bonds is 10. The predicted octanol–water partition coefficient (Wildman–Crippen LogP) is 5.93. The van der Waals surface area contributed by atoms with Gasteiger partial charge >= 0.3 is 0 Å². The molecule has 0 saturated carbocycles. The van der Waals surface area contributed by atoms with E-state index in [9.17, 15) is 9.59 Å². The van der Waals surface area contributed by atoms with Crippen LogP contribution in [0.5, 0.6) is 5.75 Å². The lowest BCUT2D eigenvalue weighted by Crippen LogP contribution is -2.42. The molecular formula is C30H35N3O3S. The highest BCUT2D eigenvalue weighted by Crippen LogP contribution is 2.24. The van der Waals surface area contributed by atoms with Gasteiger partial charge in [-0.1, -0.05) is 56.3 Å². The van der Waals surface area contributed by atoms with Crippen molar-refractivity contribution in [2.24, 2.45) is 5.41 Å². The van der Waals surface area contributed by atoms with Crippen LogP contribution in [0.4, 0.5) is 5.69 Å². The number of carbonyl (C=O) groups excluding carboxylic acids is 2. The first kappa shape index (κ1) is 27.9. The third kappa shape index (κ3) is 8.72. The number of ether oxygens (including phenoxy) is 1. The number of amides is 2. The van der Waals surface area contributed by atoms with Gasteiger partial charge in [0.2, 0.25) is 5.91 Å². The molecule has 0 bridgehead atoms. The number of aryl methyl sites for hydroxylation is 2. The molecule has 0 radical (unpaired) electrons. The molecule has 0 fully saturated rings. The molecule has 0 aromatic heterocycles. The summed E-state index contributed by atoms with van der Waals surface area (Å²) >= 11 is 5.34. The molecule has 3 rings (SSSR count). The second-order valence-corrected chi connectivity index (χ2v) is 10.2. The Balaban J connectivity index is 1.42. The van der Waals surface area contributed by atoms with Crippen LogP contribution in [0.15, 0.2) is 72.8 Å². The second-order valence-electron chi connectivity index (χ2n) is 9.76. The number of benzene rings is 3. The van der Waals surface area contributed by atoms with Gasteiger partial charge in [-0.05, 0) is 85.9 Å². The van der Waals surface area contributed by atoms with E-state index in [2.05, 4.69) is 22.0 Å². The summed E-state index contributed by atoms with van der Waals surface area (Å²) in [6.07, 6.45) is 1.39. The molecule has 7 heteroatoms. The van der Waals surface area contributed by atoms with Crippen LogP contribution in [-0.2, 0) is 11.3 Å². The minimum absolute atomic E-state index is 0.158. The molecule has 0 heterocycles. The molecule has 0 saturated heterocycles. The molecule has 37 heavy (non-hydrogen) atoms. The van der Waals surface area contributed by atoms with Crippen molar-refractivity contribution in [2.45, 2.75) is 47.1 Å². The van der Waals surface area contributed by atoms with Gasteiger partial charge in [-0.3, -0.25) is 9.59 Å². The Morgan fingerprint density at radius 1 is 0.946 bits per heavy atom. The van der Waals surface area contributed by atoms with Crippen molar-refractivity contribution in [3.8, 4) is 5.75 Å². The molecular weight excluding hydrogens is 482 g/mol. The summed E-state index contributed by atoms with van der Waals surface area (Å²) < 4.78 is 5.92. The third-order valence-corrected chi connectivity index (χ3v) is 6.29. The van der Waals surface area contributed by atoms with Crippen LogP contribution in [0.3, 0.4) is 0 Å². The zero-order chi connectivity index (χ0) is 26.8.